The van der Waals surface area contributed by atoms with Crippen LogP contribution in [0.15, 0.2) is 18.2 Å². The fourth-order valence-electron chi connectivity index (χ4n) is 2.42. The second-order valence-electron chi connectivity index (χ2n) is 5.84. The molecule has 8 nitrogen and oxygen atoms in total. The van der Waals surface area contributed by atoms with Gasteiger partial charge in [0.1, 0.15) is 0 Å². The molecule has 0 saturated carbocycles. The second-order valence-corrected chi connectivity index (χ2v) is 5.84. The van der Waals surface area contributed by atoms with Crippen molar-refractivity contribution in [2.24, 2.45) is 0 Å². The summed E-state index contributed by atoms with van der Waals surface area (Å²) in [6.45, 7) is 4.71. The molecule has 26 heavy (non-hydrogen) atoms. The van der Waals surface area contributed by atoms with E-state index >= 15 is 0 Å². The Hall–Kier alpha value is -2.77. The molecular formula is C18H24N2O6. The minimum Gasteiger partial charge on any atom is -0.493 e. The topological polar surface area (TPSA) is 94.2 Å². The fourth-order valence-corrected chi connectivity index (χ4v) is 2.42. The molecule has 1 aliphatic heterocycles. The van der Waals surface area contributed by atoms with Crippen LogP contribution in [0.2, 0.25) is 0 Å². The highest BCUT2D eigenvalue weighted by molar-refractivity contribution is 5.99. The van der Waals surface area contributed by atoms with E-state index in [1.54, 1.807) is 12.1 Å². The van der Waals surface area contributed by atoms with Gasteiger partial charge in [-0.2, -0.15) is 0 Å². The minimum atomic E-state index is -1.07. The smallest absolute Gasteiger partial charge is 0.339 e. The van der Waals surface area contributed by atoms with Crippen LogP contribution in [0.3, 0.4) is 0 Å². The molecular weight excluding hydrogens is 340 g/mol. The van der Waals surface area contributed by atoms with Crippen LogP contribution in [0.4, 0.5) is 4.79 Å². The lowest BCUT2D eigenvalue weighted by atomic mass is 10.2. The third-order valence-corrected chi connectivity index (χ3v) is 3.91. The number of esters is 1. The van der Waals surface area contributed by atoms with E-state index in [1.807, 2.05) is 0 Å². The lowest BCUT2D eigenvalue weighted by Crippen LogP contribution is -2.41. The molecule has 0 aromatic heterocycles. The van der Waals surface area contributed by atoms with Crippen LogP contribution in [0.5, 0.6) is 11.5 Å². The fraction of sp³-hybridized carbons (Fsp3) is 0.500. The van der Waals surface area contributed by atoms with E-state index in [1.165, 1.54) is 20.1 Å². The van der Waals surface area contributed by atoms with Gasteiger partial charge in [-0.25, -0.2) is 9.59 Å². The van der Waals surface area contributed by atoms with Gasteiger partial charge in [0.15, 0.2) is 17.6 Å². The van der Waals surface area contributed by atoms with E-state index in [0.717, 1.165) is 17.7 Å². The SMILES string of the molecule is CCCCOc1ccc(C(=O)OC(C)C(=O)N2CCNC2=O)cc1OC. The van der Waals surface area contributed by atoms with Crippen molar-refractivity contribution in [3.8, 4) is 11.5 Å². The molecule has 0 radical (unpaired) electrons. The standard InChI is InChI=1S/C18H24N2O6/c1-4-5-10-25-14-7-6-13(11-15(14)24-3)17(22)26-12(2)16(21)20-9-8-19-18(20)23/h6-7,11-12H,4-5,8-10H2,1-3H3,(H,19,23). The monoisotopic (exact) mass is 364 g/mol. The zero-order chi connectivity index (χ0) is 19.1. The molecule has 8 heteroatoms. The predicted octanol–water partition coefficient (Wildman–Crippen LogP) is 1.97. The summed E-state index contributed by atoms with van der Waals surface area (Å²) < 4.78 is 16.1. The Morgan fingerprint density at radius 1 is 1.31 bits per heavy atom. The first kappa shape index (κ1) is 19.6. The Bertz CT molecular complexity index is 676. The molecule has 1 N–H and O–H groups in total. The van der Waals surface area contributed by atoms with Gasteiger partial charge >= 0.3 is 12.0 Å². The first-order valence-corrected chi connectivity index (χ1v) is 8.59. The second kappa shape index (κ2) is 9.07. The first-order valence-electron chi connectivity index (χ1n) is 8.59. The highest BCUT2D eigenvalue weighted by Gasteiger charge is 2.31. The number of nitrogens with zero attached hydrogens (tertiary/aromatic N) is 1. The van der Waals surface area contributed by atoms with E-state index in [-0.39, 0.29) is 12.1 Å². The molecule has 1 heterocycles. The number of benzene rings is 1. The maximum absolute atomic E-state index is 12.3. The normalized spacial score (nSPS) is 14.6. The number of rotatable bonds is 8. The molecule has 1 fully saturated rings. The van der Waals surface area contributed by atoms with Crippen molar-refractivity contribution in [2.75, 3.05) is 26.8 Å². The number of carbonyl (C=O) groups excluding carboxylic acids is 3. The zero-order valence-electron chi connectivity index (χ0n) is 15.2. The van der Waals surface area contributed by atoms with Gasteiger partial charge < -0.3 is 19.5 Å². The number of hydrogen-bond acceptors (Lipinski definition) is 6. The van der Waals surface area contributed by atoms with Crippen molar-refractivity contribution in [3.63, 3.8) is 0 Å². The average molecular weight is 364 g/mol. The molecule has 1 aromatic rings. The molecule has 2 rings (SSSR count). The zero-order valence-corrected chi connectivity index (χ0v) is 15.2. The molecule has 3 amide bonds. The van der Waals surface area contributed by atoms with Gasteiger partial charge in [-0.3, -0.25) is 9.69 Å². The van der Waals surface area contributed by atoms with Crippen LogP contribution in [0.25, 0.3) is 0 Å². The summed E-state index contributed by atoms with van der Waals surface area (Å²) in [5.41, 5.74) is 0.232. The molecule has 1 atom stereocenters. The van der Waals surface area contributed by atoms with Crippen LogP contribution in [-0.4, -0.2) is 55.7 Å². The lowest BCUT2D eigenvalue weighted by Gasteiger charge is -2.18. The van der Waals surface area contributed by atoms with Crippen LogP contribution in [0, 0.1) is 0 Å². The summed E-state index contributed by atoms with van der Waals surface area (Å²) in [5, 5.41) is 2.53. The maximum atomic E-state index is 12.3. The third kappa shape index (κ3) is 4.65. The van der Waals surface area contributed by atoms with Crippen LogP contribution >= 0.6 is 0 Å². The molecule has 1 unspecified atom stereocenters. The van der Waals surface area contributed by atoms with Crippen molar-refractivity contribution in [1.82, 2.24) is 10.2 Å². The van der Waals surface area contributed by atoms with E-state index in [2.05, 4.69) is 12.2 Å². The highest BCUT2D eigenvalue weighted by Crippen LogP contribution is 2.28. The van der Waals surface area contributed by atoms with Crippen LogP contribution < -0.4 is 14.8 Å². The number of nitrogens with one attached hydrogen (secondary N) is 1. The molecule has 1 aromatic carbocycles. The summed E-state index contributed by atoms with van der Waals surface area (Å²) in [4.78, 5) is 37.1. The number of urea groups is 1. The third-order valence-electron chi connectivity index (χ3n) is 3.91. The van der Waals surface area contributed by atoms with E-state index in [0.29, 0.717) is 24.7 Å². The number of unbranched alkanes of at least 4 members (excludes halogenated alkanes) is 1. The summed E-state index contributed by atoms with van der Waals surface area (Å²) >= 11 is 0. The van der Waals surface area contributed by atoms with E-state index in [4.69, 9.17) is 14.2 Å². The minimum absolute atomic E-state index is 0.232. The van der Waals surface area contributed by atoms with Gasteiger partial charge in [-0.15, -0.1) is 0 Å². The van der Waals surface area contributed by atoms with E-state index < -0.39 is 24.0 Å². The highest BCUT2D eigenvalue weighted by atomic mass is 16.5. The summed E-state index contributed by atoms with van der Waals surface area (Å²) in [5.74, 6) is -0.285. The number of methoxy groups -OCH3 is 1. The summed E-state index contributed by atoms with van der Waals surface area (Å²) in [7, 11) is 1.48. The van der Waals surface area contributed by atoms with Gasteiger partial charge in [0, 0.05) is 13.1 Å². The molecule has 0 spiro atoms. The molecule has 142 valence electrons. The van der Waals surface area contributed by atoms with E-state index in [9.17, 15) is 14.4 Å². The summed E-state index contributed by atoms with van der Waals surface area (Å²) in [6.07, 6.45) is 0.850. The van der Waals surface area contributed by atoms with Gasteiger partial charge in [-0.05, 0) is 31.5 Å². The number of carbonyl (C=O) groups is 3. The number of amides is 3. The predicted molar refractivity (Wildman–Crippen MR) is 93.4 cm³/mol. The molecule has 1 saturated heterocycles. The van der Waals surface area contributed by atoms with Gasteiger partial charge in [0.25, 0.3) is 5.91 Å². The van der Waals surface area contributed by atoms with Crippen LogP contribution in [0.1, 0.15) is 37.0 Å². The molecule has 0 bridgehead atoms. The van der Waals surface area contributed by atoms with Crippen molar-refractivity contribution < 1.29 is 28.6 Å². The van der Waals surface area contributed by atoms with Gasteiger partial charge in [0.2, 0.25) is 0 Å². The maximum Gasteiger partial charge on any atom is 0.339 e. The molecule has 1 aliphatic rings. The van der Waals surface area contributed by atoms with Crippen molar-refractivity contribution >= 4 is 17.9 Å². The first-order chi connectivity index (χ1) is 12.5. The Labute approximate surface area is 152 Å². The Morgan fingerprint density at radius 3 is 2.69 bits per heavy atom. The Kier molecular flexibility index (Phi) is 6.82. The Balaban J connectivity index is 2.02. The number of imide groups is 1. The molecule has 0 aliphatic carbocycles. The van der Waals surface area contributed by atoms with Crippen molar-refractivity contribution in [1.29, 1.82) is 0 Å². The quantitative estimate of drug-likeness (QED) is 0.560. The lowest BCUT2D eigenvalue weighted by molar-refractivity contribution is -0.136. The van der Waals surface area contributed by atoms with Crippen LogP contribution in [-0.2, 0) is 9.53 Å². The summed E-state index contributed by atoms with van der Waals surface area (Å²) in [6, 6.07) is 4.20. The Morgan fingerprint density at radius 2 is 2.08 bits per heavy atom. The number of hydrogen-bond donors (Lipinski definition) is 1. The largest absolute Gasteiger partial charge is 0.493 e. The van der Waals surface area contributed by atoms with Gasteiger partial charge in [0.05, 0.1) is 19.3 Å². The van der Waals surface area contributed by atoms with Crippen molar-refractivity contribution in [2.45, 2.75) is 32.8 Å². The number of ether oxygens (including phenoxy) is 3. The average Bonchev–Trinajstić information content (AvgIpc) is 3.07. The van der Waals surface area contributed by atoms with Gasteiger partial charge in [-0.1, -0.05) is 13.3 Å². The van der Waals surface area contributed by atoms with Crippen molar-refractivity contribution in [3.05, 3.63) is 23.8 Å².